The summed E-state index contributed by atoms with van der Waals surface area (Å²) >= 11 is 0. The van der Waals surface area contributed by atoms with Crippen LogP contribution < -0.4 is 16.0 Å². The summed E-state index contributed by atoms with van der Waals surface area (Å²) in [6, 6.07) is 16.2. The van der Waals surface area contributed by atoms with Gasteiger partial charge in [-0.3, -0.25) is 15.4 Å². The van der Waals surface area contributed by atoms with Crippen molar-refractivity contribution in [3.8, 4) is 0 Å². The van der Waals surface area contributed by atoms with E-state index in [4.69, 9.17) is 4.74 Å². The van der Waals surface area contributed by atoms with Crippen LogP contribution in [0, 0.1) is 0 Å². The summed E-state index contributed by atoms with van der Waals surface area (Å²) in [6.07, 6.45) is 0. The second-order valence-electron chi connectivity index (χ2n) is 5.12. The number of hydrogen-bond acceptors (Lipinski definition) is 5. The molecule has 2 aromatic carbocycles. The second kappa shape index (κ2) is 9.19. The van der Waals surface area contributed by atoms with Crippen LogP contribution in [0.15, 0.2) is 60.7 Å². The van der Waals surface area contributed by atoms with Gasteiger partial charge in [-0.1, -0.05) is 48.5 Å². The molecule has 1 atom stereocenters. The zero-order valence-electron chi connectivity index (χ0n) is 13.7. The van der Waals surface area contributed by atoms with Gasteiger partial charge in [-0.2, -0.15) is 0 Å². The number of rotatable bonds is 6. The van der Waals surface area contributed by atoms with Crippen LogP contribution in [-0.4, -0.2) is 31.6 Å². The Morgan fingerprint density at radius 1 is 0.960 bits per heavy atom. The highest BCUT2D eigenvalue weighted by Gasteiger charge is 2.21. The number of amides is 3. The predicted octanol–water partition coefficient (Wildman–Crippen LogP) is 1.84. The molecule has 0 aliphatic rings. The van der Waals surface area contributed by atoms with Crippen LogP contribution in [0.4, 0.5) is 10.5 Å². The number of nitrogens with one attached hydrogen (secondary N) is 3. The number of imide groups is 1. The predicted molar refractivity (Wildman–Crippen MR) is 92.8 cm³/mol. The Bertz CT molecular complexity index is 720. The van der Waals surface area contributed by atoms with Gasteiger partial charge < -0.3 is 10.1 Å². The maximum absolute atomic E-state index is 11.9. The van der Waals surface area contributed by atoms with Crippen LogP contribution in [0.2, 0.25) is 0 Å². The zero-order valence-corrected chi connectivity index (χ0v) is 13.7. The first-order valence-corrected chi connectivity index (χ1v) is 7.62. The molecular weight excluding hydrogens is 322 g/mol. The third kappa shape index (κ3) is 5.74. The van der Waals surface area contributed by atoms with Gasteiger partial charge in [0.15, 0.2) is 0 Å². The average Bonchev–Trinajstić information content (AvgIpc) is 2.63. The maximum atomic E-state index is 11.9. The Hall–Kier alpha value is -3.19. The van der Waals surface area contributed by atoms with Gasteiger partial charge in [-0.05, 0) is 17.7 Å². The monoisotopic (exact) mass is 341 g/mol. The van der Waals surface area contributed by atoms with E-state index in [0.29, 0.717) is 11.3 Å². The van der Waals surface area contributed by atoms with Gasteiger partial charge in [0, 0.05) is 5.69 Å². The minimum atomic E-state index is -0.797. The van der Waals surface area contributed by atoms with Gasteiger partial charge in [0.2, 0.25) is 5.91 Å². The molecule has 7 nitrogen and oxygen atoms in total. The van der Waals surface area contributed by atoms with Crippen LogP contribution in [0.25, 0.3) is 0 Å². The van der Waals surface area contributed by atoms with Crippen molar-refractivity contribution < 1.29 is 19.1 Å². The van der Waals surface area contributed by atoms with Crippen LogP contribution in [0.3, 0.4) is 0 Å². The largest absolute Gasteiger partial charge is 0.468 e. The summed E-state index contributed by atoms with van der Waals surface area (Å²) in [5.41, 5.74) is 1.23. The topological polar surface area (TPSA) is 96.5 Å². The standard InChI is InChI=1S/C18H19N3O4/c1-25-17(23)16(13-8-4-2-5-9-13)19-12-15(22)21-18(24)20-14-10-6-3-7-11-14/h2-11,16,19H,12H2,1H3,(H2,20,21,22,24)/t16-/m0/s1. The smallest absolute Gasteiger partial charge is 0.327 e. The lowest BCUT2D eigenvalue weighted by molar-refractivity contribution is -0.143. The molecule has 0 bridgehead atoms. The van der Waals surface area contributed by atoms with Crippen molar-refractivity contribution >= 4 is 23.6 Å². The van der Waals surface area contributed by atoms with Crippen molar-refractivity contribution in [1.82, 2.24) is 10.6 Å². The Balaban J connectivity index is 1.88. The lowest BCUT2D eigenvalue weighted by atomic mass is 10.1. The first-order chi connectivity index (χ1) is 12.1. The summed E-state index contributed by atoms with van der Waals surface area (Å²) in [6.45, 7) is -0.225. The minimum absolute atomic E-state index is 0.225. The minimum Gasteiger partial charge on any atom is -0.468 e. The van der Waals surface area contributed by atoms with Crippen molar-refractivity contribution in [3.05, 3.63) is 66.2 Å². The molecule has 0 aliphatic heterocycles. The van der Waals surface area contributed by atoms with Crippen molar-refractivity contribution in [2.24, 2.45) is 0 Å². The van der Waals surface area contributed by atoms with Gasteiger partial charge in [-0.25, -0.2) is 9.59 Å². The molecule has 0 unspecified atom stereocenters. The number of para-hydroxylation sites is 1. The fourth-order valence-corrected chi connectivity index (χ4v) is 2.15. The van der Waals surface area contributed by atoms with Gasteiger partial charge in [0.1, 0.15) is 6.04 Å². The molecule has 0 saturated heterocycles. The van der Waals surface area contributed by atoms with Crippen molar-refractivity contribution in [2.75, 3.05) is 19.0 Å². The van der Waals surface area contributed by atoms with E-state index in [9.17, 15) is 14.4 Å². The molecule has 7 heteroatoms. The molecule has 2 rings (SSSR count). The van der Waals surface area contributed by atoms with Crippen molar-refractivity contribution in [1.29, 1.82) is 0 Å². The number of esters is 1. The summed E-state index contributed by atoms with van der Waals surface area (Å²) in [7, 11) is 1.27. The van der Waals surface area contributed by atoms with E-state index in [1.807, 2.05) is 12.1 Å². The van der Waals surface area contributed by atoms with Crippen LogP contribution in [0.1, 0.15) is 11.6 Å². The third-order valence-corrected chi connectivity index (χ3v) is 3.32. The number of carbonyl (C=O) groups is 3. The van der Waals surface area contributed by atoms with Gasteiger partial charge >= 0.3 is 12.0 Å². The lowest BCUT2D eigenvalue weighted by Crippen LogP contribution is -2.42. The fourth-order valence-electron chi connectivity index (χ4n) is 2.15. The summed E-state index contributed by atoms with van der Waals surface area (Å²) in [4.78, 5) is 35.6. The molecular formula is C18H19N3O4. The van der Waals surface area contributed by atoms with E-state index in [0.717, 1.165) is 0 Å². The number of carbonyl (C=O) groups excluding carboxylic acids is 3. The highest BCUT2D eigenvalue weighted by atomic mass is 16.5. The maximum Gasteiger partial charge on any atom is 0.327 e. The molecule has 130 valence electrons. The van der Waals surface area contributed by atoms with Crippen LogP contribution in [-0.2, 0) is 14.3 Å². The van der Waals surface area contributed by atoms with E-state index < -0.39 is 23.9 Å². The number of benzene rings is 2. The Morgan fingerprint density at radius 3 is 2.16 bits per heavy atom. The Labute approximate surface area is 145 Å². The van der Waals surface area contributed by atoms with Gasteiger partial charge in [0.25, 0.3) is 0 Å². The number of hydrogen-bond donors (Lipinski definition) is 3. The van der Waals surface area contributed by atoms with Crippen molar-refractivity contribution in [3.63, 3.8) is 0 Å². The van der Waals surface area contributed by atoms with E-state index in [2.05, 4.69) is 16.0 Å². The van der Waals surface area contributed by atoms with Gasteiger partial charge in [-0.15, -0.1) is 0 Å². The highest BCUT2D eigenvalue weighted by Crippen LogP contribution is 2.13. The number of urea groups is 1. The highest BCUT2D eigenvalue weighted by molar-refractivity contribution is 6.01. The molecule has 3 amide bonds. The van der Waals surface area contributed by atoms with Crippen LogP contribution >= 0.6 is 0 Å². The third-order valence-electron chi connectivity index (χ3n) is 3.32. The fraction of sp³-hybridized carbons (Fsp3) is 0.167. The second-order valence-corrected chi connectivity index (χ2v) is 5.12. The van der Waals surface area contributed by atoms with E-state index in [-0.39, 0.29) is 6.54 Å². The first kappa shape index (κ1) is 18.2. The van der Waals surface area contributed by atoms with E-state index in [1.165, 1.54) is 7.11 Å². The molecule has 0 radical (unpaired) electrons. The normalized spacial score (nSPS) is 11.2. The quantitative estimate of drug-likeness (QED) is 0.697. The van der Waals surface area contributed by atoms with Gasteiger partial charge in [0.05, 0.1) is 13.7 Å². The first-order valence-electron chi connectivity index (χ1n) is 7.62. The molecule has 0 aromatic heterocycles. The SMILES string of the molecule is COC(=O)[C@@H](NCC(=O)NC(=O)Nc1ccccc1)c1ccccc1. The summed E-state index contributed by atoms with van der Waals surface area (Å²) in [5, 5.41) is 7.51. The molecule has 25 heavy (non-hydrogen) atoms. The summed E-state index contributed by atoms with van der Waals surface area (Å²) < 4.78 is 4.75. The molecule has 0 heterocycles. The number of methoxy groups -OCH3 is 1. The lowest BCUT2D eigenvalue weighted by Gasteiger charge is -2.16. The summed E-state index contributed by atoms with van der Waals surface area (Å²) in [5.74, 6) is -1.09. The molecule has 0 fully saturated rings. The van der Waals surface area contributed by atoms with E-state index in [1.54, 1.807) is 48.5 Å². The molecule has 0 aliphatic carbocycles. The van der Waals surface area contributed by atoms with Crippen LogP contribution in [0.5, 0.6) is 0 Å². The number of anilines is 1. The molecule has 0 saturated carbocycles. The van der Waals surface area contributed by atoms with Crippen molar-refractivity contribution in [2.45, 2.75) is 6.04 Å². The molecule has 0 spiro atoms. The van der Waals surface area contributed by atoms with E-state index >= 15 is 0 Å². The Morgan fingerprint density at radius 2 is 1.56 bits per heavy atom. The zero-order chi connectivity index (χ0) is 18.1. The molecule has 2 aromatic rings. The number of ether oxygens (including phenoxy) is 1. The average molecular weight is 341 g/mol. The molecule has 3 N–H and O–H groups in total. The Kier molecular flexibility index (Phi) is 6.67.